The molecule has 1 aromatic heterocycles. The van der Waals surface area contributed by atoms with E-state index in [1.165, 1.54) is 11.3 Å². The standard InChI is InChI=1S/C24H23N3O3S/c28-22(16-5-4-6-16)26-24-25-20-13-14-27(15-21(20)31-24)23(29)17-9-11-19(12-10-17)30-18-7-2-1-3-8-18/h1-3,7-12,16H,4-6,13-15H2,(H,25,26,28). The first kappa shape index (κ1) is 19.8. The van der Waals surface area contributed by atoms with Crippen LogP contribution in [0.25, 0.3) is 0 Å². The van der Waals surface area contributed by atoms with E-state index in [0.717, 1.165) is 35.6 Å². The first-order valence-corrected chi connectivity index (χ1v) is 11.4. The van der Waals surface area contributed by atoms with E-state index in [1.54, 1.807) is 12.1 Å². The van der Waals surface area contributed by atoms with Crippen LogP contribution in [0.3, 0.4) is 0 Å². The molecule has 5 rings (SSSR count). The van der Waals surface area contributed by atoms with E-state index in [9.17, 15) is 9.59 Å². The fourth-order valence-corrected chi connectivity index (χ4v) is 4.80. The SMILES string of the molecule is O=C(Nc1nc2c(s1)CN(C(=O)c1ccc(Oc3ccccc3)cc1)CC2)C1CCC1. The fraction of sp³-hybridized carbons (Fsp3) is 0.292. The summed E-state index contributed by atoms with van der Waals surface area (Å²) in [5.74, 6) is 1.65. The van der Waals surface area contributed by atoms with Crippen molar-refractivity contribution >= 4 is 28.3 Å². The summed E-state index contributed by atoms with van der Waals surface area (Å²) in [4.78, 5) is 32.7. The predicted octanol–water partition coefficient (Wildman–Crippen LogP) is 4.87. The molecule has 1 fully saturated rings. The van der Waals surface area contributed by atoms with E-state index >= 15 is 0 Å². The Morgan fingerprint density at radius 2 is 1.77 bits per heavy atom. The number of fused-ring (bicyclic) bond motifs is 1. The number of ether oxygens (including phenoxy) is 1. The van der Waals surface area contributed by atoms with Gasteiger partial charge in [0.15, 0.2) is 5.13 Å². The minimum absolute atomic E-state index is 0.00892. The average molecular weight is 434 g/mol. The smallest absolute Gasteiger partial charge is 0.254 e. The highest BCUT2D eigenvalue weighted by molar-refractivity contribution is 7.15. The van der Waals surface area contributed by atoms with Gasteiger partial charge in [0.05, 0.1) is 12.2 Å². The second-order valence-electron chi connectivity index (χ2n) is 7.92. The van der Waals surface area contributed by atoms with E-state index in [2.05, 4.69) is 10.3 Å². The maximum atomic E-state index is 13.0. The van der Waals surface area contributed by atoms with Crippen LogP contribution in [-0.2, 0) is 17.8 Å². The molecule has 1 saturated carbocycles. The van der Waals surface area contributed by atoms with Gasteiger partial charge in [-0.1, -0.05) is 36.0 Å². The number of anilines is 1. The molecule has 6 nitrogen and oxygen atoms in total. The maximum Gasteiger partial charge on any atom is 0.254 e. The number of para-hydroxylation sites is 1. The summed E-state index contributed by atoms with van der Waals surface area (Å²) >= 11 is 1.48. The number of hydrogen-bond acceptors (Lipinski definition) is 5. The molecule has 0 spiro atoms. The number of hydrogen-bond donors (Lipinski definition) is 1. The van der Waals surface area contributed by atoms with Gasteiger partial charge >= 0.3 is 0 Å². The molecule has 2 aliphatic rings. The number of thiazole rings is 1. The molecule has 31 heavy (non-hydrogen) atoms. The number of amides is 2. The largest absolute Gasteiger partial charge is 0.457 e. The monoisotopic (exact) mass is 433 g/mol. The van der Waals surface area contributed by atoms with Crippen molar-refractivity contribution in [3.8, 4) is 11.5 Å². The van der Waals surface area contributed by atoms with Gasteiger partial charge in [0.1, 0.15) is 11.5 Å². The molecule has 0 atom stereocenters. The minimum atomic E-state index is -0.00892. The van der Waals surface area contributed by atoms with Crippen LogP contribution in [-0.4, -0.2) is 28.2 Å². The van der Waals surface area contributed by atoms with E-state index in [4.69, 9.17) is 4.74 Å². The van der Waals surface area contributed by atoms with Crippen LogP contribution in [0.15, 0.2) is 54.6 Å². The van der Waals surface area contributed by atoms with Gasteiger partial charge in [-0.25, -0.2) is 4.98 Å². The molecule has 7 heteroatoms. The number of nitrogens with one attached hydrogen (secondary N) is 1. The first-order valence-electron chi connectivity index (χ1n) is 10.6. The Labute approximate surface area is 184 Å². The third-order valence-corrected chi connectivity index (χ3v) is 6.80. The molecule has 1 aliphatic carbocycles. The molecule has 0 unspecified atom stereocenters. The van der Waals surface area contributed by atoms with E-state index in [-0.39, 0.29) is 17.7 Å². The molecular weight excluding hydrogens is 410 g/mol. The zero-order valence-electron chi connectivity index (χ0n) is 17.0. The van der Waals surface area contributed by atoms with Gasteiger partial charge in [-0.3, -0.25) is 9.59 Å². The molecule has 2 amide bonds. The van der Waals surface area contributed by atoms with Crippen molar-refractivity contribution in [1.29, 1.82) is 0 Å². The normalized spacial score (nSPS) is 15.7. The zero-order chi connectivity index (χ0) is 21.2. The van der Waals surface area contributed by atoms with Crippen LogP contribution in [0.1, 0.15) is 40.2 Å². The van der Waals surface area contributed by atoms with Crippen LogP contribution >= 0.6 is 11.3 Å². The Bertz CT molecular complexity index is 1090. The van der Waals surface area contributed by atoms with Gasteiger partial charge in [-0.05, 0) is 49.2 Å². The Morgan fingerprint density at radius 1 is 1.03 bits per heavy atom. The molecule has 0 radical (unpaired) electrons. The molecule has 0 bridgehead atoms. The summed E-state index contributed by atoms with van der Waals surface area (Å²) in [5.41, 5.74) is 1.62. The van der Waals surface area contributed by atoms with Crippen LogP contribution in [0.5, 0.6) is 11.5 Å². The molecule has 158 valence electrons. The average Bonchev–Trinajstić information content (AvgIpc) is 3.14. The van der Waals surface area contributed by atoms with E-state index in [1.807, 2.05) is 47.4 Å². The van der Waals surface area contributed by atoms with Gasteiger partial charge < -0.3 is 15.0 Å². The summed E-state index contributed by atoms with van der Waals surface area (Å²) in [5, 5.41) is 3.61. The van der Waals surface area contributed by atoms with Crippen LogP contribution in [0.2, 0.25) is 0 Å². The highest BCUT2D eigenvalue weighted by Crippen LogP contribution is 2.32. The third-order valence-electron chi connectivity index (χ3n) is 5.80. The lowest BCUT2D eigenvalue weighted by molar-refractivity contribution is -0.122. The van der Waals surface area contributed by atoms with E-state index in [0.29, 0.717) is 36.0 Å². The molecule has 0 saturated heterocycles. The number of carbonyl (C=O) groups excluding carboxylic acids is 2. The molecule has 3 aromatic rings. The van der Waals surface area contributed by atoms with E-state index < -0.39 is 0 Å². The fourth-order valence-electron chi connectivity index (χ4n) is 3.77. The number of rotatable bonds is 5. The second-order valence-corrected chi connectivity index (χ2v) is 9.01. The lowest BCUT2D eigenvalue weighted by atomic mass is 9.85. The van der Waals surface area contributed by atoms with Crippen molar-refractivity contribution in [2.75, 3.05) is 11.9 Å². The van der Waals surface area contributed by atoms with Gasteiger partial charge in [-0.15, -0.1) is 0 Å². The quantitative estimate of drug-likeness (QED) is 0.623. The van der Waals surface area contributed by atoms with Crippen LogP contribution < -0.4 is 10.1 Å². The maximum absolute atomic E-state index is 13.0. The summed E-state index contributed by atoms with van der Waals surface area (Å²) in [6.07, 6.45) is 3.76. The number of benzene rings is 2. The molecule has 1 N–H and O–H groups in total. The molecular formula is C24H23N3O3S. The summed E-state index contributed by atoms with van der Waals surface area (Å²) in [7, 11) is 0. The number of aromatic nitrogens is 1. The number of nitrogens with zero attached hydrogens (tertiary/aromatic N) is 2. The van der Waals surface area contributed by atoms with Gasteiger partial charge in [0.2, 0.25) is 5.91 Å². The lowest BCUT2D eigenvalue weighted by Gasteiger charge is -2.26. The zero-order valence-corrected chi connectivity index (χ0v) is 17.9. The molecule has 2 aromatic carbocycles. The van der Waals surface area contributed by atoms with Crippen molar-refractivity contribution in [3.63, 3.8) is 0 Å². The first-order chi connectivity index (χ1) is 15.2. The predicted molar refractivity (Wildman–Crippen MR) is 119 cm³/mol. The summed E-state index contributed by atoms with van der Waals surface area (Å²) in [6.45, 7) is 1.14. The van der Waals surface area contributed by atoms with Crippen molar-refractivity contribution in [1.82, 2.24) is 9.88 Å². The molecule has 1 aliphatic heterocycles. The second kappa shape index (κ2) is 8.51. The van der Waals surface area contributed by atoms with Gasteiger partial charge in [0, 0.05) is 29.3 Å². The topological polar surface area (TPSA) is 71.5 Å². The van der Waals surface area contributed by atoms with Gasteiger partial charge in [-0.2, -0.15) is 0 Å². The Morgan fingerprint density at radius 3 is 2.48 bits per heavy atom. The van der Waals surface area contributed by atoms with Crippen molar-refractivity contribution in [2.45, 2.75) is 32.2 Å². The van der Waals surface area contributed by atoms with Crippen molar-refractivity contribution < 1.29 is 14.3 Å². The van der Waals surface area contributed by atoms with Crippen LogP contribution in [0.4, 0.5) is 5.13 Å². The summed E-state index contributed by atoms with van der Waals surface area (Å²) < 4.78 is 5.80. The number of carbonyl (C=O) groups is 2. The highest BCUT2D eigenvalue weighted by Gasteiger charge is 2.28. The Balaban J connectivity index is 1.22. The summed E-state index contributed by atoms with van der Waals surface area (Å²) in [6, 6.07) is 16.8. The Hall–Kier alpha value is -3.19. The lowest BCUT2D eigenvalue weighted by Crippen LogP contribution is -2.35. The molecule has 2 heterocycles. The third kappa shape index (κ3) is 4.32. The van der Waals surface area contributed by atoms with Crippen molar-refractivity contribution in [3.05, 3.63) is 70.7 Å². The highest BCUT2D eigenvalue weighted by atomic mass is 32.1. The minimum Gasteiger partial charge on any atom is -0.457 e. The van der Waals surface area contributed by atoms with Gasteiger partial charge in [0.25, 0.3) is 5.91 Å². The van der Waals surface area contributed by atoms with Crippen molar-refractivity contribution in [2.24, 2.45) is 5.92 Å². The Kier molecular flexibility index (Phi) is 5.42. The van der Waals surface area contributed by atoms with Crippen LogP contribution in [0, 0.1) is 5.92 Å².